The lowest BCUT2D eigenvalue weighted by Gasteiger charge is -2.18. The Balaban J connectivity index is 1.63. The average molecular weight is 378 g/mol. The minimum absolute atomic E-state index is 0.137. The van der Waals surface area contributed by atoms with Gasteiger partial charge in [-0.25, -0.2) is 9.18 Å². The number of amides is 3. The molecule has 1 heterocycles. The Hall–Kier alpha value is -2.80. The van der Waals surface area contributed by atoms with E-state index in [0.29, 0.717) is 28.7 Å². The predicted molar refractivity (Wildman–Crippen MR) is 97.3 cm³/mol. The Bertz CT molecular complexity index is 829. The fourth-order valence-corrected chi connectivity index (χ4v) is 2.97. The van der Waals surface area contributed by atoms with Crippen LogP contribution >= 0.6 is 11.6 Å². The van der Waals surface area contributed by atoms with Crippen LogP contribution < -0.4 is 20.3 Å². The van der Waals surface area contributed by atoms with Crippen molar-refractivity contribution >= 4 is 34.9 Å². The summed E-state index contributed by atoms with van der Waals surface area (Å²) in [6.45, 7) is 0.310. The molecule has 1 aliphatic rings. The van der Waals surface area contributed by atoms with Crippen LogP contribution in [0.25, 0.3) is 0 Å². The summed E-state index contributed by atoms with van der Waals surface area (Å²) in [7, 11) is 1.49. The van der Waals surface area contributed by atoms with Gasteiger partial charge >= 0.3 is 6.03 Å². The van der Waals surface area contributed by atoms with Crippen molar-refractivity contribution in [2.45, 2.75) is 12.5 Å². The number of urea groups is 1. The second-order valence-corrected chi connectivity index (χ2v) is 6.26. The topological polar surface area (TPSA) is 70.7 Å². The van der Waals surface area contributed by atoms with E-state index in [1.165, 1.54) is 36.3 Å². The highest BCUT2D eigenvalue weighted by atomic mass is 35.5. The summed E-state index contributed by atoms with van der Waals surface area (Å²) in [5.74, 6) is -0.0350. The molecule has 8 heteroatoms. The van der Waals surface area contributed by atoms with Crippen LogP contribution in [0.1, 0.15) is 6.42 Å². The molecule has 2 N–H and O–H groups in total. The van der Waals surface area contributed by atoms with Gasteiger partial charge in [0.2, 0.25) is 5.91 Å². The second-order valence-electron chi connectivity index (χ2n) is 5.82. The van der Waals surface area contributed by atoms with E-state index < -0.39 is 6.03 Å². The van der Waals surface area contributed by atoms with Crippen LogP contribution in [0.3, 0.4) is 0 Å². The van der Waals surface area contributed by atoms with E-state index >= 15 is 0 Å². The molecule has 0 aromatic heterocycles. The molecule has 1 fully saturated rings. The first-order valence-corrected chi connectivity index (χ1v) is 8.31. The number of carbonyl (C=O) groups is 2. The largest absolute Gasteiger partial charge is 0.495 e. The maximum Gasteiger partial charge on any atom is 0.319 e. The van der Waals surface area contributed by atoms with E-state index in [0.717, 1.165) is 0 Å². The lowest BCUT2D eigenvalue weighted by molar-refractivity contribution is -0.117. The molecule has 2 aromatic rings. The molecule has 0 radical (unpaired) electrons. The number of nitrogens with one attached hydrogen (secondary N) is 2. The van der Waals surface area contributed by atoms with Crippen molar-refractivity contribution in [3.8, 4) is 5.75 Å². The van der Waals surface area contributed by atoms with Crippen LogP contribution in [0.5, 0.6) is 5.75 Å². The van der Waals surface area contributed by atoms with Gasteiger partial charge < -0.3 is 20.3 Å². The Labute approximate surface area is 154 Å². The van der Waals surface area contributed by atoms with Gasteiger partial charge in [0.05, 0.1) is 18.8 Å². The van der Waals surface area contributed by atoms with Gasteiger partial charge in [-0.2, -0.15) is 0 Å². The van der Waals surface area contributed by atoms with Crippen molar-refractivity contribution in [1.82, 2.24) is 5.32 Å². The molecular weight excluding hydrogens is 361 g/mol. The molecular formula is C18H17ClFN3O3. The van der Waals surface area contributed by atoms with Gasteiger partial charge in [0.1, 0.15) is 11.6 Å². The van der Waals surface area contributed by atoms with Gasteiger partial charge in [0, 0.05) is 23.7 Å². The number of rotatable bonds is 4. The van der Waals surface area contributed by atoms with E-state index in [-0.39, 0.29) is 24.2 Å². The number of hydrogen-bond acceptors (Lipinski definition) is 3. The summed E-state index contributed by atoms with van der Waals surface area (Å²) in [6, 6.07) is 9.70. The van der Waals surface area contributed by atoms with Crippen molar-refractivity contribution in [2.24, 2.45) is 0 Å². The monoisotopic (exact) mass is 377 g/mol. The third kappa shape index (κ3) is 4.05. The summed E-state index contributed by atoms with van der Waals surface area (Å²) < 4.78 is 18.2. The molecule has 26 heavy (non-hydrogen) atoms. The Morgan fingerprint density at radius 2 is 2.00 bits per heavy atom. The Kier molecular flexibility index (Phi) is 5.27. The number of nitrogens with zero attached hydrogens (tertiary/aromatic N) is 1. The Morgan fingerprint density at radius 3 is 2.69 bits per heavy atom. The molecule has 3 rings (SSSR count). The molecule has 0 aliphatic carbocycles. The maximum absolute atomic E-state index is 13.0. The van der Waals surface area contributed by atoms with Crippen LogP contribution in [0, 0.1) is 5.82 Å². The Morgan fingerprint density at radius 1 is 1.27 bits per heavy atom. The van der Waals surface area contributed by atoms with Crippen molar-refractivity contribution in [1.29, 1.82) is 0 Å². The molecule has 2 aromatic carbocycles. The van der Waals surface area contributed by atoms with Crippen molar-refractivity contribution in [3.63, 3.8) is 0 Å². The van der Waals surface area contributed by atoms with Crippen molar-refractivity contribution in [3.05, 3.63) is 53.3 Å². The van der Waals surface area contributed by atoms with E-state index in [1.54, 1.807) is 18.2 Å². The van der Waals surface area contributed by atoms with Crippen LogP contribution in [0.4, 0.5) is 20.6 Å². The first kappa shape index (κ1) is 18.0. The molecule has 0 spiro atoms. The number of hydrogen-bond donors (Lipinski definition) is 2. The molecule has 0 saturated carbocycles. The van der Waals surface area contributed by atoms with Gasteiger partial charge in [-0.15, -0.1) is 0 Å². The number of carbonyl (C=O) groups excluding carboxylic acids is 2. The summed E-state index contributed by atoms with van der Waals surface area (Å²) in [4.78, 5) is 25.9. The number of ether oxygens (including phenoxy) is 1. The molecule has 6 nitrogen and oxygen atoms in total. The highest BCUT2D eigenvalue weighted by molar-refractivity contribution is 6.31. The lowest BCUT2D eigenvalue weighted by Crippen LogP contribution is -2.39. The zero-order chi connectivity index (χ0) is 18.7. The van der Waals surface area contributed by atoms with Gasteiger partial charge in [-0.3, -0.25) is 4.79 Å². The minimum Gasteiger partial charge on any atom is -0.495 e. The number of anilines is 2. The minimum atomic E-state index is -0.468. The molecule has 1 aliphatic heterocycles. The first-order valence-electron chi connectivity index (χ1n) is 7.93. The van der Waals surface area contributed by atoms with Crippen molar-refractivity contribution in [2.75, 3.05) is 23.9 Å². The summed E-state index contributed by atoms with van der Waals surface area (Å²) in [5.41, 5.74) is 1.02. The number of methoxy groups -OCH3 is 1. The SMILES string of the molecule is COc1ccc(Cl)cc1NC(=O)N[C@H]1CC(=O)N(c2ccc(F)cc2)C1. The molecule has 1 atom stereocenters. The maximum atomic E-state index is 13.0. The highest BCUT2D eigenvalue weighted by Gasteiger charge is 2.31. The van der Waals surface area contributed by atoms with Crippen LogP contribution in [0.2, 0.25) is 5.02 Å². The number of benzene rings is 2. The van der Waals surface area contributed by atoms with Gasteiger partial charge in [0.15, 0.2) is 0 Å². The second kappa shape index (κ2) is 7.61. The van der Waals surface area contributed by atoms with E-state index in [2.05, 4.69) is 10.6 Å². The molecule has 136 valence electrons. The van der Waals surface area contributed by atoms with Gasteiger partial charge in [0.25, 0.3) is 0 Å². The summed E-state index contributed by atoms with van der Waals surface area (Å²) >= 11 is 5.94. The smallest absolute Gasteiger partial charge is 0.319 e. The quantitative estimate of drug-likeness (QED) is 0.857. The third-order valence-corrected chi connectivity index (χ3v) is 4.24. The zero-order valence-corrected chi connectivity index (χ0v) is 14.7. The van der Waals surface area contributed by atoms with E-state index in [1.807, 2.05) is 0 Å². The highest BCUT2D eigenvalue weighted by Crippen LogP contribution is 2.28. The summed E-state index contributed by atoms with van der Waals surface area (Å²) in [5, 5.41) is 5.88. The zero-order valence-electron chi connectivity index (χ0n) is 14.0. The van der Waals surface area contributed by atoms with E-state index in [4.69, 9.17) is 16.3 Å². The summed E-state index contributed by atoms with van der Waals surface area (Å²) in [6.07, 6.45) is 0.164. The first-order chi connectivity index (χ1) is 12.5. The lowest BCUT2D eigenvalue weighted by atomic mass is 10.2. The van der Waals surface area contributed by atoms with E-state index in [9.17, 15) is 14.0 Å². The van der Waals surface area contributed by atoms with Crippen LogP contribution in [-0.2, 0) is 4.79 Å². The van der Waals surface area contributed by atoms with Crippen molar-refractivity contribution < 1.29 is 18.7 Å². The van der Waals surface area contributed by atoms with Gasteiger partial charge in [-0.05, 0) is 42.5 Å². The van der Waals surface area contributed by atoms with Crippen LogP contribution in [-0.4, -0.2) is 31.6 Å². The molecule has 0 unspecified atom stereocenters. The third-order valence-electron chi connectivity index (χ3n) is 4.01. The molecule has 1 saturated heterocycles. The fraction of sp³-hybridized carbons (Fsp3) is 0.222. The fourth-order valence-electron chi connectivity index (χ4n) is 2.80. The molecule has 3 amide bonds. The number of halogens is 2. The molecule has 0 bridgehead atoms. The van der Waals surface area contributed by atoms with Gasteiger partial charge in [-0.1, -0.05) is 11.6 Å². The normalized spacial score (nSPS) is 16.5. The standard InChI is InChI=1S/C18H17ClFN3O3/c1-26-16-7-2-11(19)8-15(16)22-18(25)21-13-9-17(24)23(10-13)14-5-3-12(20)4-6-14/h2-8,13H,9-10H2,1H3,(H2,21,22,25)/t13-/m0/s1. The van der Waals surface area contributed by atoms with Crippen LogP contribution in [0.15, 0.2) is 42.5 Å². The predicted octanol–water partition coefficient (Wildman–Crippen LogP) is 3.41. The average Bonchev–Trinajstić information content (AvgIpc) is 2.96.